The molecule has 4 atom stereocenters. The SMILES string of the molecule is O=C(CC(F)(F)F)OC1CC=Cc2cc3sc4c5c(sc4c3cc21)=CC1C=CCC(OC(=O)CC(F)(F)F)C1C=5. The number of carbonyl (C=O) groups is 2. The van der Waals surface area contributed by atoms with Crippen molar-refractivity contribution in [1.29, 1.82) is 0 Å². The zero-order valence-corrected chi connectivity index (χ0v) is 22.1. The molecule has 0 saturated heterocycles. The molecule has 0 bridgehead atoms. The molecule has 2 heterocycles. The zero-order valence-electron chi connectivity index (χ0n) is 20.5. The Kier molecular flexibility index (Phi) is 6.60. The highest BCUT2D eigenvalue weighted by Gasteiger charge is 2.37. The highest BCUT2D eigenvalue weighted by Crippen LogP contribution is 2.42. The fraction of sp³-hybridized carbons (Fsp3) is 0.357. The Labute approximate surface area is 230 Å². The normalized spacial score (nSPS) is 23.6. The van der Waals surface area contributed by atoms with E-state index in [2.05, 4.69) is 0 Å². The lowest BCUT2D eigenvalue weighted by Crippen LogP contribution is -2.38. The molecule has 2 aromatic heterocycles. The maximum Gasteiger partial charge on any atom is 0.399 e. The summed E-state index contributed by atoms with van der Waals surface area (Å²) in [6.45, 7) is 0. The van der Waals surface area contributed by atoms with E-state index in [9.17, 15) is 35.9 Å². The molecule has 3 aliphatic carbocycles. The molecule has 4 nitrogen and oxygen atoms in total. The summed E-state index contributed by atoms with van der Waals surface area (Å²) in [7, 11) is 0. The van der Waals surface area contributed by atoms with E-state index in [4.69, 9.17) is 9.47 Å². The predicted molar refractivity (Wildman–Crippen MR) is 140 cm³/mol. The molecule has 4 unspecified atom stereocenters. The van der Waals surface area contributed by atoms with E-state index in [1.54, 1.807) is 17.4 Å². The average Bonchev–Trinajstić information content (AvgIpc) is 3.35. The quantitative estimate of drug-likeness (QED) is 0.191. The molecule has 0 radical (unpaired) electrons. The van der Waals surface area contributed by atoms with Gasteiger partial charge >= 0.3 is 24.3 Å². The Morgan fingerprint density at radius 3 is 2.33 bits per heavy atom. The van der Waals surface area contributed by atoms with E-state index in [0.29, 0.717) is 12.0 Å². The van der Waals surface area contributed by atoms with Gasteiger partial charge in [0, 0.05) is 50.1 Å². The minimum atomic E-state index is -4.65. The molecule has 0 aliphatic heterocycles. The van der Waals surface area contributed by atoms with E-state index < -0.39 is 49.3 Å². The Morgan fingerprint density at radius 2 is 1.60 bits per heavy atom. The van der Waals surface area contributed by atoms with Crippen molar-refractivity contribution in [2.24, 2.45) is 11.8 Å². The van der Waals surface area contributed by atoms with Crippen LogP contribution in [0.25, 0.3) is 37.7 Å². The number of halogens is 6. The van der Waals surface area contributed by atoms with Gasteiger partial charge in [-0.05, 0) is 17.7 Å². The van der Waals surface area contributed by atoms with Crippen LogP contribution in [0.2, 0.25) is 0 Å². The van der Waals surface area contributed by atoms with Crippen LogP contribution in [-0.2, 0) is 19.1 Å². The third-order valence-electron chi connectivity index (χ3n) is 7.11. The molecule has 40 heavy (non-hydrogen) atoms. The molecule has 0 N–H and O–H groups in total. The summed E-state index contributed by atoms with van der Waals surface area (Å²) in [4.78, 5) is 23.9. The van der Waals surface area contributed by atoms with Gasteiger partial charge in [-0.3, -0.25) is 9.59 Å². The van der Waals surface area contributed by atoms with Crippen LogP contribution < -0.4 is 9.75 Å². The number of benzene rings is 1. The number of thiophene rings is 2. The van der Waals surface area contributed by atoms with E-state index in [1.807, 2.05) is 42.5 Å². The molecule has 0 amide bonds. The van der Waals surface area contributed by atoms with E-state index in [0.717, 1.165) is 34.8 Å². The number of hydrogen-bond acceptors (Lipinski definition) is 6. The molecule has 6 rings (SSSR count). The average molecular weight is 599 g/mol. The Bertz CT molecular complexity index is 1710. The van der Waals surface area contributed by atoms with Crippen LogP contribution in [0.1, 0.15) is 42.9 Å². The van der Waals surface area contributed by atoms with Gasteiger partial charge < -0.3 is 9.47 Å². The molecule has 3 aliphatic rings. The monoisotopic (exact) mass is 598 g/mol. The fourth-order valence-corrected chi connectivity index (χ4v) is 8.24. The number of ether oxygens (including phenoxy) is 2. The lowest BCUT2D eigenvalue weighted by Gasteiger charge is -2.32. The lowest BCUT2D eigenvalue weighted by molar-refractivity contribution is -0.178. The predicted octanol–water partition coefficient (Wildman–Crippen LogP) is 6.70. The molecule has 0 spiro atoms. The molecule has 3 aromatic rings. The van der Waals surface area contributed by atoms with Crippen LogP contribution in [0.15, 0.2) is 30.4 Å². The summed E-state index contributed by atoms with van der Waals surface area (Å²) in [5.74, 6) is -3.08. The topological polar surface area (TPSA) is 52.6 Å². The van der Waals surface area contributed by atoms with Crippen molar-refractivity contribution >= 4 is 72.3 Å². The summed E-state index contributed by atoms with van der Waals surface area (Å²) >= 11 is 3.08. The van der Waals surface area contributed by atoms with Crippen molar-refractivity contribution in [2.45, 2.75) is 50.2 Å². The third-order valence-corrected chi connectivity index (χ3v) is 9.63. The maximum absolute atomic E-state index is 12.7. The molecule has 210 valence electrons. The maximum atomic E-state index is 12.7. The summed E-state index contributed by atoms with van der Waals surface area (Å²) in [6, 6.07) is 3.80. The number of fused-ring (bicyclic) bond motifs is 7. The molecular weight excluding hydrogens is 578 g/mol. The van der Waals surface area contributed by atoms with Crippen molar-refractivity contribution in [3.63, 3.8) is 0 Å². The number of carbonyl (C=O) groups excluding carboxylic acids is 2. The van der Waals surface area contributed by atoms with Gasteiger partial charge in [0.1, 0.15) is 25.0 Å². The third kappa shape index (κ3) is 5.30. The summed E-state index contributed by atoms with van der Waals surface area (Å²) in [6.07, 6.45) is -2.15. The molecule has 0 saturated carbocycles. The first-order chi connectivity index (χ1) is 18.8. The van der Waals surface area contributed by atoms with Crippen LogP contribution in [0, 0.1) is 11.8 Å². The van der Waals surface area contributed by atoms with Crippen LogP contribution >= 0.6 is 22.7 Å². The Hall–Kier alpha value is -3.12. The van der Waals surface area contributed by atoms with Crippen LogP contribution in [-0.4, -0.2) is 30.4 Å². The standard InChI is InChI=1S/C28H20F6O4S2/c29-27(30,31)11-23(35)37-19-5-1-3-13-7-21-17(9-15(13)19)25-26(39-21)18-10-16-14(8-22(18)40-25)4-2-6-20(16)38-24(36)12-28(32,33)34/h1-4,7-10,13,15,19-20H,5-6,11-12H2. The minimum Gasteiger partial charge on any atom is -0.461 e. The van der Waals surface area contributed by atoms with Crippen LogP contribution in [0.3, 0.4) is 0 Å². The van der Waals surface area contributed by atoms with Crippen molar-refractivity contribution in [3.05, 3.63) is 51.2 Å². The second-order valence-corrected chi connectivity index (χ2v) is 12.1. The first-order valence-electron chi connectivity index (χ1n) is 12.4. The Morgan fingerprint density at radius 1 is 0.875 bits per heavy atom. The highest BCUT2D eigenvalue weighted by atomic mass is 32.1. The van der Waals surface area contributed by atoms with Gasteiger partial charge in [-0.2, -0.15) is 26.3 Å². The summed E-state index contributed by atoms with van der Waals surface area (Å²) in [5.41, 5.74) is 1.40. The Balaban J connectivity index is 1.36. The number of hydrogen-bond donors (Lipinski definition) is 0. The number of esters is 2. The van der Waals surface area contributed by atoms with Crippen molar-refractivity contribution in [2.75, 3.05) is 0 Å². The van der Waals surface area contributed by atoms with Gasteiger partial charge in [0.2, 0.25) is 0 Å². The fourth-order valence-electron chi connectivity index (χ4n) is 5.49. The summed E-state index contributed by atoms with van der Waals surface area (Å²) < 4.78 is 90.5. The van der Waals surface area contributed by atoms with Crippen LogP contribution in [0.4, 0.5) is 26.3 Å². The molecular formula is C28H20F6O4S2. The van der Waals surface area contributed by atoms with Gasteiger partial charge in [-0.15, -0.1) is 22.7 Å². The van der Waals surface area contributed by atoms with Gasteiger partial charge in [-0.25, -0.2) is 0 Å². The smallest absolute Gasteiger partial charge is 0.399 e. The highest BCUT2D eigenvalue weighted by molar-refractivity contribution is 7.32. The van der Waals surface area contributed by atoms with Gasteiger partial charge in [0.05, 0.1) is 9.40 Å². The van der Waals surface area contributed by atoms with Gasteiger partial charge in [-0.1, -0.05) is 36.5 Å². The first kappa shape index (κ1) is 27.1. The van der Waals surface area contributed by atoms with E-state index >= 15 is 0 Å². The van der Waals surface area contributed by atoms with Crippen molar-refractivity contribution in [3.8, 4) is 0 Å². The molecule has 12 heteroatoms. The summed E-state index contributed by atoms with van der Waals surface area (Å²) in [5, 5.41) is 1.81. The zero-order chi connectivity index (χ0) is 28.4. The molecule has 1 aromatic carbocycles. The molecule has 0 fully saturated rings. The van der Waals surface area contributed by atoms with Gasteiger partial charge in [0.15, 0.2) is 0 Å². The van der Waals surface area contributed by atoms with Gasteiger partial charge in [0.25, 0.3) is 0 Å². The lowest BCUT2D eigenvalue weighted by atomic mass is 9.79. The van der Waals surface area contributed by atoms with E-state index in [1.165, 1.54) is 11.3 Å². The minimum absolute atomic E-state index is 0.140. The van der Waals surface area contributed by atoms with Crippen LogP contribution in [0.5, 0.6) is 0 Å². The number of alkyl halides is 6. The first-order valence-corrected chi connectivity index (χ1v) is 14.1. The van der Waals surface area contributed by atoms with Crippen molar-refractivity contribution < 1.29 is 45.4 Å². The van der Waals surface area contributed by atoms with E-state index in [-0.39, 0.29) is 18.3 Å². The van der Waals surface area contributed by atoms with Crippen molar-refractivity contribution in [1.82, 2.24) is 0 Å². The number of rotatable bonds is 4. The second kappa shape index (κ2) is 9.76. The largest absolute Gasteiger partial charge is 0.461 e. The second-order valence-electron chi connectivity index (χ2n) is 10.00. The number of allylic oxidation sites excluding steroid dienone is 1.